The van der Waals surface area contributed by atoms with Crippen LogP contribution in [0.2, 0.25) is 0 Å². The molecule has 0 saturated carbocycles. The van der Waals surface area contributed by atoms with Gasteiger partial charge in [0, 0.05) is 45.9 Å². The van der Waals surface area contributed by atoms with Gasteiger partial charge in [-0.2, -0.15) is 0 Å². The number of hydrogen-bond acceptors (Lipinski definition) is 6. The van der Waals surface area contributed by atoms with Crippen molar-refractivity contribution in [1.29, 1.82) is 0 Å². The predicted molar refractivity (Wildman–Crippen MR) is 146 cm³/mol. The highest BCUT2D eigenvalue weighted by atomic mass is 16.5. The summed E-state index contributed by atoms with van der Waals surface area (Å²) in [6, 6.07) is 7.82. The highest BCUT2D eigenvalue weighted by Gasteiger charge is 2.20. The van der Waals surface area contributed by atoms with Gasteiger partial charge in [-0.25, -0.2) is 0 Å². The molecule has 0 saturated heterocycles. The molecule has 5 aromatic rings. The average molecular weight is 504 g/mol. The van der Waals surface area contributed by atoms with Crippen LogP contribution in [0.3, 0.4) is 0 Å². The molecule has 4 aromatic heterocycles. The Labute approximate surface area is 218 Å². The van der Waals surface area contributed by atoms with Gasteiger partial charge in [0.15, 0.2) is 0 Å². The second-order valence-corrected chi connectivity index (χ2v) is 10.2. The van der Waals surface area contributed by atoms with Crippen LogP contribution in [0.1, 0.15) is 87.3 Å². The minimum atomic E-state index is 0.490. The van der Waals surface area contributed by atoms with Crippen molar-refractivity contribution in [2.45, 2.75) is 72.5 Å². The summed E-state index contributed by atoms with van der Waals surface area (Å²) in [5.41, 5.74) is 6.89. The fourth-order valence-electron chi connectivity index (χ4n) is 4.40. The van der Waals surface area contributed by atoms with Crippen LogP contribution in [0.15, 0.2) is 68.7 Å². The number of rotatable bonds is 4. The molecule has 0 unspecified atom stereocenters. The lowest BCUT2D eigenvalue weighted by molar-refractivity contribution is 0.123. The lowest BCUT2D eigenvalue weighted by Gasteiger charge is -2.01. The molecular weight excluding hydrogens is 466 g/mol. The molecule has 6 rings (SSSR count). The van der Waals surface area contributed by atoms with E-state index in [0.717, 1.165) is 34.7 Å². The van der Waals surface area contributed by atoms with Crippen LogP contribution in [0.4, 0.5) is 0 Å². The summed E-state index contributed by atoms with van der Waals surface area (Å²) >= 11 is 0. The molecule has 5 heterocycles. The van der Waals surface area contributed by atoms with Crippen molar-refractivity contribution in [3.63, 3.8) is 0 Å². The van der Waals surface area contributed by atoms with Gasteiger partial charge in [-0.1, -0.05) is 41.5 Å². The molecule has 1 aromatic carbocycles. The van der Waals surface area contributed by atoms with E-state index in [2.05, 4.69) is 46.5 Å². The van der Waals surface area contributed by atoms with Crippen molar-refractivity contribution >= 4 is 21.9 Å². The van der Waals surface area contributed by atoms with E-state index in [4.69, 9.17) is 22.7 Å². The van der Waals surface area contributed by atoms with Crippen molar-refractivity contribution < 1.29 is 22.7 Å². The standard InChI is InChI=1S/C12H14O2.C10H11NO.C9H12O2/c1-8(2)11-7-14-12-6-9(13-3)4-5-10(11)12;1-7(2)9-6-12-10-3-4-11-5-8(9)10;1-6(2)7-4-11-9-5-10-3-8(7)9/h4-8H,1-3H3;3-7H,1-2H3;4,6H,3,5H2,1-2H3. The minimum absolute atomic E-state index is 0.490. The van der Waals surface area contributed by atoms with Crippen molar-refractivity contribution in [1.82, 2.24) is 4.98 Å². The normalized spacial score (nSPS) is 12.6. The van der Waals surface area contributed by atoms with E-state index < -0.39 is 0 Å². The Hall–Kier alpha value is -3.51. The number of pyridine rings is 1. The second-order valence-electron chi connectivity index (χ2n) is 10.2. The quantitative estimate of drug-likeness (QED) is 0.244. The van der Waals surface area contributed by atoms with E-state index in [1.54, 1.807) is 13.3 Å². The molecule has 6 heteroatoms. The molecule has 37 heavy (non-hydrogen) atoms. The van der Waals surface area contributed by atoms with Gasteiger partial charge in [-0.3, -0.25) is 4.98 Å². The SMILES string of the molecule is CC(C)c1coc2c1COC2.CC(C)c1coc2ccncc12.COc1ccc2c(C(C)C)coc2c1. The Balaban J connectivity index is 0.000000131. The lowest BCUT2D eigenvalue weighted by Crippen LogP contribution is -1.89. The maximum Gasteiger partial charge on any atom is 0.137 e. The topological polar surface area (TPSA) is 70.8 Å². The van der Waals surface area contributed by atoms with Crippen molar-refractivity contribution in [2.75, 3.05) is 7.11 Å². The molecule has 0 aliphatic carbocycles. The van der Waals surface area contributed by atoms with E-state index >= 15 is 0 Å². The highest BCUT2D eigenvalue weighted by molar-refractivity contribution is 5.83. The van der Waals surface area contributed by atoms with Crippen LogP contribution in [0, 0.1) is 0 Å². The molecule has 0 N–H and O–H groups in total. The number of furan rings is 3. The fraction of sp³-hybridized carbons (Fsp3) is 0.387. The molecule has 0 atom stereocenters. The first-order valence-electron chi connectivity index (χ1n) is 12.8. The van der Waals surface area contributed by atoms with Crippen LogP contribution in [-0.2, 0) is 18.0 Å². The summed E-state index contributed by atoms with van der Waals surface area (Å²) in [4.78, 5) is 4.07. The average Bonchev–Trinajstić information content (AvgIpc) is 3.66. The Kier molecular flexibility index (Phi) is 8.39. The molecule has 6 nitrogen and oxygen atoms in total. The molecule has 196 valence electrons. The Morgan fingerprint density at radius 2 is 1.38 bits per heavy atom. The number of hydrogen-bond donors (Lipinski definition) is 0. The summed E-state index contributed by atoms with van der Waals surface area (Å²) in [5.74, 6) is 3.39. The van der Waals surface area contributed by atoms with Gasteiger partial charge < -0.3 is 22.7 Å². The first-order valence-corrected chi connectivity index (χ1v) is 12.8. The lowest BCUT2D eigenvalue weighted by atomic mass is 10.0. The smallest absolute Gasteiger partial charge is 0.137 e. The van der Waals surface area contributed by atoms with Crippen LogP contribution < -0.4 is 4.74 Å². The predicted octanol–water partition coefficient (Wildman–Crippen LogP) is 8.95. The van der Waals surface area contributed by atoms with Gasteiger partial charge in [0.25, 0.3) is 0 Å². The number of benzene rings is 1. The summed E-state index contributed by atoms with van der Waals surface area (Å²) in [5, 5.41) is 2.31. The largest absolute Gasteiger partial charge is 0.497 e. The molecule has 0 amide bonds. The van der Waals surface area contributed by atoms with Gasteiger partial charge in [0.2, 0.25) is 0 Å². The van der Waals surface area contributed by atoms with Gasteiger partial charge in [-0.05, 0) is 41.5 Å². The summed E-state index contributed by atoms with van der Waals surface area (Å²) in [6.45, 7) is 14.4. The van der Waals surface area contributed by atoms with Crippen LogP contribution in [-0.4, -0.2) is 12.1 Å². The van der Waals surface area contributed by atoms with Crippen molar-refractivity contribution in [3.8, 4) is 5.75 Å². The number of ether oxygens (including phenoxy) is 2. The van der Waals surface area contributed by atoms with Crippen molar-refractivity contribution in [2.24, 2.45) is 0 Å². The molecule has 0 spiro atoms. The Morgan fingerprint density at radius 1 is 0.730 bits per heavy atom. The van der Waals surface area contributed by atoms with E-state index in [9.17, 15) is 0 Å². The zero-order valence-corrected chi connectivity index (χ0v) is 22.8. The zero-order chi connectivity index (χ0) is 26.5. The molecule has 0 fully saturated rings. The van der Waals surface area contributed by atoms with Crippen LogP contribution >= 0.6 is 0 Å². The fourth-order valence-corrected chi connectivity index (χ4v) is 4.40. The maximum atomic E-state index is 5.47. The third kappa shape index (κ3) is 5.91. The third-order valence-electron chi connectivity index (χ3n) is 6.58. The van der Waals surface area contributed by atoms with Crippen LogP contribution in [0.5, 0.6) is 5.75 Å². The van der Waals surface area contributed by atoms with Gasteiger partial charge in [-0.15, -0.1) is 0 Å². The maximum absolute atomic E-state index is 5.47. The molecule has 1 aliphatic rings. The van der Waals surface area contributed by atoms with E-state index in [0.29, 0.717) is 24.4 Å². The first kappa shape index (κ1) is 26.6. The van der Waals surface area contributed by atoms with Crippen molar-refractivity contribution in [3.05, 3.63) is 83.5 Å². The van der Waals surface area contributed by atoms with E-state index in [1.165, 1.54) is 27.6 Å². The van der Waals surface area contributed by atoms with Gasteiger partial charge >= 0.3 is 0 Å². The molecule has 0 bridgehead atoms. The number of aromatic nitrogens is 1. The molecule has 1 aliphatic heterocycles. The molecule has 0 radical (unpaired) electrons. The summed E-state index contributed by atoms with van der Waals surface area (Å²) < 4.78 is 26.6. The van der Waals surface area contributed by atoms with E-state index in [1.807, 2.05) is 49.3 Å². The molecular formula is C31H37NO5. The number of methoxy groups -OCH3 is 1. The number of nitrogens with zero attached hydrogens (tertiary/aromatic N) is 1. The van der Waals surface area contributed by atoms with Crippen LogP contribution in [0.25, 0.3) is 21.9 Å². The Bertz CT molecular complexity index is 1440. The first-order chi connectivity index (χ1) is 17.8. The van der Waals surface area contributed by atoms with Gasteiger partial charge in [0.05, 0.1) is 32.5 Å². The second kappa shape index (κ2) is 11.7. The number of fused-ring (bicyclic) bond motifs is 3. The Morgan fingerprint density at radius 3 is 2.05 bits per heavy atom. The summed E-state index contributed by atoms with van der Waals surface area (Å²) in [7, 11) is 1.66. The third-order valence-corrected chi connectivity index (χ3v) is 6.58. The van der Waals surface area contributed by atoms with Gasteiger partial charge in [0.1, 0.15) is 29.3 Å². The summed E-state index contributed by atoms with van der Waals surface area (Å²) in [6.07, 6.45) is 9.10. The highest BCUT2D eigenvalue weighted by Crippen LogP contribution is 2.31. The zero-order valence-electron chi connectivity index (χ0n) is 22.8. The van der Waals surface area contributed by atoms with E-state index in [-0.39, 0.29) is 0 Å². The monoisotopic (exact) mass is 503 g/mol. The minimum Gasteiger partial charge on any atom is -0.497 e.